The third-order valence-corrected chi connectivity index (χ3v) is 5.99. The second kappa shape index (κ2) is 5.72. The van der Waals surface area contributed by atoms with Gasteiger partial charge in [0.25, 0.3) is 0 Å². The van der Waals surface area contributed by atoms with Gasteiger partial charge in [-0.15, -0.1) is 11.3 Å². The molecule has 1 amide bonds. The van der Waals surface area contributed by atoms with Crippen LogP contribution in [-0.4, -0.2) is 65.8 Å². The Hall–Kier alpha value is -1.73. The molecule has 1 aromatic heterocycles. The lowest BCUT2D eigenvalue weighted by Crippen LogP contribution is -2.41. The molecule has 1 N–H and O–H groups in total. The molecule has 2 aliphatic rings. The third-order valence-electron chi connectivity index (χ3n) is 4.91. The van der Waals surface area contributed by atoms with Crippen LogP contribution in [0.5, 0.6) is 0 Å². The summed E-state index contributed by atoms with van der Waals surface area (Å²) in [6, 6.07) is 1.75. The van der Waals surface area contributed by atoms with Crippen LogP contribution in [0.4, 0.5) is 0 Å². The van der Waals surface area contributed by atoms with Crippen LogP contribution in [0.2, 0.25) is 0 Å². The van der Waals surface area contributed by atoms with Gasteiger partial charge in [-0.3, -0.25) is 14.4 Å². The molecule has 6 nitrogen and oxygen atoms in total. The first kappa shape index (κ1) is 16.1. The maximum atomic E-state index is 12.5. The predicted molar refractivity (Wildman–Crippen MR) is 85.7 cm³/mol. The largest absolute Gasteiger partial charge is 0.481 e. The average Bonchev–Trinajstić information content (AvgIpc) is 3.10. The Morgan fingerprint density at radius 2 is 2.09 bits per heavy atom. The fraction of sp³-hybridized carbons (Fsp3) is 0.562. The zero-order valence-electron chi connectivity index (χ0n) is 13.2. The Morgan fingerprint density at radius 3 is 2.65 bits per heavy atom. The summed E-state index contributed by atoms with van der Waals surface area (Å²) in [4.78, 5) is 39.9. The van der Waals surface area contributed by atoms with E-state index < -0.39 is 11.4 Å². The number of thiophene rings is 1. The van der Waals surface area contributed by atoms with Gasteiger partial charge >= 0.3 is 5.97 Å². The van der Waals surface area contributed by atoms with Gasteiger partial charge in [0, 0.05) is 32.1 Å². The Balaban J connectivity index is 1.70. The Bertz CT molecular complexity index is 671. The van der Waals surface area contributed by atoms with E-state index in [0.717, 1.165) is 5.56 Å². The minimum atomic E-state index is -0.830. The number of carboxylic acid groups (broad SMARTS) is 1. The van der Waals surface area contributed by atoms with Gasteiger partial charge in [0.1, 0.15) is 5.41 Å². The molecule has 2 saturated heterocycles. The molecule has 2 fully saturated rings. The molecule has 124 valence electrons. The molecule has 0 spiro atoms. The number of aliphatic carboxylic acids is 1. The Labute approximate surface area is 138 Å². The van der Waals surface area contributed by atoms with E-state index in [0.29, 0.717) is 24.5 Å². The fourth-order valence-corrected chi connectivity index (χ4v) is 4.56. The third kappa shape index (κ3) is 2.79. The maximum absolute atomic E-state index is 12.5. The lowest BCUT2D eigenvalue weighted by atomic mass is 9.81. The van der Waals surface area contributed by atoms with Crippen LogP contribution in [0.25, 0.3) is 0 Å². The van der Waals surface area contributed by atoms with Crippen molar-refractivity contribution in [2.24, 2.45) is 11.3 Å². The zero-order chi connectivity index (χ0) is 16.8. The standard InChI is InChI=1S/C16H20N2O4S/c1-10(19)13-3-11(7-23-13)4-14(20)18-6-12-5-17(2)8-16(12,9-18)15(21)22/h3,7,12H,4-6,8-9H2,1-2H3,(H,21,22)/t12-,16-/m0/s1. The molecule has 1 aromatic rings. The van der Waals surface area contributed by atoms with E-state index >= 15 is 0 Å². The Morgan fingerprint density at radius 1 is 1.35 bits per heavy atom. The summed E-state index contributed by atoms with van der Waals surface area (Å²) in [6.45, 7) is 3.48. The molecule has 2 aliphatic heterocycles. The van der Waals surface area contributed by atoms with Gasteiger partial charge in [-0.1, -0.05) is 0 Å². The van der Waals surface area contributed by atoms with Crippen molar-refractivity contribution in [3.05, 3.63) is 21.9 Å². The van der Waals surface area contributed by atoms with Crippen molar-refractivity contribution in [2.75, 3.05) is 33.2 Å². The SMILES string of the molecule is CC(=O)c1cc(CC(=O)N2C[C@@H]3CN(C)C[C@]3(C(=O)O)C2)cs1. The number of nitrogens with zero attached hydrogens (tertiary/aromatic N) is 2. The number of carbonyl (C=O) groups is 3. The smallest absolute Gasteiger partial charge is 0.313 e. The van der Waals surface area contributed by atoms with E-state index in [-0.39, 0.29) is 30.6 Å². The van der Waals surface area contributed by atoms with Crippen molar-refractivity contribution in [1.29, 1.82) is 0 Å². The highest BCUT2D eigenvalue weighted by atomic mass is 32.1. The summed E-state index contributed by atoms with van der Waals surface area (Å²) in [6.07, 6.45) is 0.224. The van der Waals surface area contributed by atoms with Crippen LogP contribution in [0, 0.1) is 11.3 Å². The first-order chi connectivity index (χ1) is 10.8. The van der Waals surface area contributed by atoms with Gasteiger partial charge in [-0.2, -0.15) is 0 Å². The van der Waals surface area contributed by atoms with E-state index in [4.69, 9.17) is 0 Å². The summed E-state index contributed by atoms with van der Waals surface area (Å²) >= 11 is 1.34. The van der Waals surface area contributed by atoms with Crippen molar-refractivity contribution in [1.82, 2.24) is 9.80 Å². The lowest BCUT2D eigenvalue weighted by molar-refractivity contribution is -0.149. The molecule has 0 aliphatic carbocycles. The average molecular weight is 336 g/mol. The molecule has 23 heavy (non-hydrogen) atoms. The van der Waals surface area contributed by atoms with Crippen LogP contribution in [0.15, 0.2) is 11.4 Å². The predicted octanol–water partition coefficient (Wildman–Crippen LogP) is 0.968. The van der Waals surface area contributed by atoms with Crippen molar-refractivity contribution in [3.8, 4) is 0 Å². The van der Waals surface area contributed by atoms with Gasteiger partial charge < -0.3 is 14.9 Å². The Kier molecular flexibility index (Phi) is 4.01. The van der Waals surface area contributed by atoms with Gasteiger partial charge in [-0.05, 0) is 31.0 Å². The van der Waals surface area contributed by atoms with Crippen molar-refractivity contribution >= 4 is 29.0 Å². The molecule has 3 heterocycles. The van der Waals surface area contributed by atoms with Gasteiger partial charge in [0.05, 0.1) is 11.3 Å². The van der Waals surface area contributed by atoms with Gasteiger partial charge in [0.15, 0.2) is 5.78 Å². The van der Waals surface area contributed by atoms with E-state index in [2.05, 4.69) is 0 Å². The molecular formula is C16H20N2O4S. The lowest BCUT2D eigenvalue weighted by Gasteiger charge is -2.24. The van der Waals surface area contributed by atoms with Crippen molar-refractivity contribution < 1.29 is 19.5 Å². The zero-order valence-corrected chi connectivity index (χ0v) is 14.1. The van der Waals surface area contributed by atoms with Crippen LogP contribution in [-0.2, 0) is 16.0 Å². The van der Waals surface area contributed by atoms with Gasteiger partial charge in [0.2, 0.25) is 5.91 Å². The van der Waals surface area contributed by atoms with Crippen LogP contribution < -0.4 is 0 Å². The molecule has 0 bridgehead atoms. The number of hydrogen-bond acceptors (Lipinski definition) is 5. The number of hydrogen-bond donors (Lipinski definition) is 1. The number of likely N-dealkylation sites (tertiary alicyclic amines) is 2. The van der Waals surface area contributed by atoms with Crippen LogP contribution in [0.1, 0.15) is 22.2 Å². The minimum absolute atomic E-state index is 0.00253. The molecule has 0 aromatic carbocycles. The quantitative estimate of drug-likeness (QED) is 0.829. The fourth-order valence-electron chi connectivity index (χ4n) is 3.75. The topological polar surface area (TPSA) is 77.9 Å². The minimum Gasteiger partial charge on any atom is -0.481 e. The summed E-state index contributed by atoms with van der Waals surface area (Å²) in [5.74, 6) is -0.881. The first-order valence-electron chi connectivity index (χ1n) is 7.60. The molecule has 0 unspecified atom stereocenters. The molecule has 0 radical (unpaired) electrons. The summed E-state index contributed by atoms with van der Waals surface area (Å²) in [5.41, 5.74) is -0.00684. The molecule has 0 saturated carbocycles. The number of rotatable bonds is 4. The molecule has 3 rings (SSSR count). The highest BCUT2D eigenvalue weighted by molar-refractivity contribution is 7.12. The molecular weight excluding hydrogens is 316 g/mol. The van der Waals surface area contributed by atoms with Crippen LogP contribution in [0.3, 0.4) is 0 Å². The highest BCUT2D eigenvalue weighted by Gasteiger charge is 2.57. The number of carbonyl (C=O) groups excluding carboxylic acids is 2. The van der Waals surface area contributed by atoms with Crippen molar-refractivity contribution in [2.45, 2.75) is 13.3 Å². The maximum Gasteiger partial charge on any atom is 0.313 e. The number of amides is 1. The highest BCUT2D eigenvalue weighted by Crippen LogP contribution is 2.42. The molecule has 2 atom stereocenters. The second-order valence-corrected chi connectivity index (χ2v) is 7.59. The van der Waals surface area contributed by atoms with Gasteiger partial charge in [-0.25, -0.2) is 0 Å². The van der Waals surface area contributed by atoms with E-state index in [9.17, 15) is 19.5 Å². The number of fused-ring (bicyclic) bond motifs is 1. The number of carboxylic acids is 1. The van der Waals surface area contributed by atoms with E-state index in [1.165, 1.54) is 18.3 Å². The van der Waals surface area contributed by atoms with Crippen molar-refractivity contribution in [3.63, 3.8) is 0 Å². The van der Waals surface area contributed by atoms with E-state index in [1.54, 1.807) is 11.0 Å². The normalized spacial score (nSPS) is 27.2. The number of Topliss-reactive ketones (excluding diaryl/α,β-unsaturated/α-hetero) is 1. The monoisotopic (exact) mass is 336 g/mol. The second-order valence-electron chi connectivity index (χ2n) is 6.68. The van der Waals surface area contributed by atoms with E-state index in [1.807, 2.05) is 17.3 Å². The summed E-state index contributed by atoms with van der Waals surface area (Å²) in [5, 5.41) is 11.5. The summed E-state index contributed by atoms with van der Waals surface area (Å²) in [7, 11) is 1.92. The summed E-state index contributed by atoms with van der Waals surface area (Å²) < 4.78 is 0. The molecule has 7 heteroatoms. The number of ketones is 1. The van der Waals surface area contributed by atoms with Crippen LogP contribution >= 0.6 is 11.3 Å². The first-order valence-corrected chi connectivity index (χ1v) is 8.48.